The minimum atomic E-state index is 0.237. The molecule has 0 radical (unpaired) electrons. The summed E-state index contributed by atoms with van der Waals surface area (Å²) in [6.07, 6.45) is 7.98. The normalized spacial score (nSPS) is 23.3. The quantitative estimate of drug-likeness (QED) is 0.757. The van der Waals surface area contributed by atoms with Gasteiger partial charge >= 0.3 is 0 Å². The Morgan fingerprint density at radius 3 is 2.89 bits per heavy atom. The second-order valence-corrected chi connectivity index (χ2v) is 5.31. The van der Waals surface area contributed by atoms with E-state index in [2.05, 4.69) is 22.2 Å². The van der Waals surface area contributed by atoms with Gasteiger partial charge in [0.05, 0.1) is 0 Å². The van der Waals surface area contributed by atoms with Crippen molar-refractivity contribution in [3.63, 3.8) is 0 Å². The zero-order chi connectivity index (χ0) is 13.7. The van der Waals surface area contributed by atoms with Crippen molar-refractivity contribution in [3.05, 3.63) is 11.9 Å². The number of anilines is 2. The third-order valence-electron chi connectivity index (χ3n) is 3.94. The third-order valence-corrected chi connectivity index (χ3v) is 3.94. The van der Waals surface area contributed by atoms with Gasteiger partial charge in [0.1, 0.15) is 18.0 Å². The highest BCUT2D eigenvalue weighted by Gasteiger charge is 2.25. The lowest BCUT2D eigenvalue weighted by molar-refractivity contribution is 0.178. The third kappa shape index (κ3) is 3.35. The number of aliphatic hydroxyl groups excluding tert-OH is 1. The highest BCUT2D eigenvalue weighted by atomic mass is 16.3. The summed E-state index contributed by atoms with van der Waals surface area (Å²) in [5.41, 5.74) is 6.95. The van der Waals surface area contributed by atoms with E-state index in [1.165, 1.54) is 19.2 Å². The van der Waals surface area contributed by atoms with E-state index in [1.807, 2.05) is 0 Å². The maximum absolute atomic E-state index is 9.47. The van der Waals surface area contributed by atoms with Gasteiger partial charge in [-0.25, -0.2) is 9.97 Å². The second-order valence-electron chi connectivity index (χ2n) is 5.31. The molecule has 5 nitrogen and oxygen atoms in total. The average Bonchev–Trinajstić information content (AvgIpc) is 2.43. The summed E-state index contributed by atoms with van der Waals surface area (Å²) in [5, 5.41) is 13.0. The molecule has 0 amide bonds. The first-order valence-electron chi connectivity index (χ1n) is 7.23. The first-order valence-corrected chi connectivity index (χ1v) is 7.23. The van der Waals surface area contributed by atoms with E-state index in [-0.39, 0.29) is 6.61 Å². The van der Waals surface area contributed by atoms with Crippen molar-refractivity contribution < 1.29 is 5.11 Å². The fourth-order valence-electron chi connectivity index (χ4n) is 2.84. The smallest absolute Gasteiger partial charge is 0.134 e. The number of aromatic nitrogens is 2. The molecule has 0 aromatic carbocycles. The van der Waals surface area contributed by atoms with Gasteiger partial charge in [-0.05, 0) is 19.3 Å². The molecule has 2 rings (SSSR count). The standard InChI is InChI=1S/C14H24N4O/c1-2-5-11-13(15)16-9-17-14(11)18-12-7-4-3-6-10(12)8-19/h9-10,12,19H,2-8H2,1H3,(H3,15,16,17,18). The number of rotatable bonds is 5. The van der Waals surface area contributed by atoms with Crippen LogP contribution in [0.15, 0.2) is 6.33 Å². The van der Waals surface area contributed by atoms with Crippen LogP contribution in [0.5, 0.6) is 0 Å². The molecular weight excluding hydrogens is 240 g/mol. The van der Waals surface area contributed by atoms with E-state index in [9.17, 15) is 5.11 Å². The van der Waals surface area contributed by atoms with E-state index < -0.39 is 0 Å². The topological polar surface area (TPSA) is 84.1 Å². The van der Waals surface area contributed by atoms with Gasteiger partial charge in [-0.3, -0.25) is 0 Å². The van der Waals surface area contributed by atoms with Crippen LogP contribution in [-0.4, -0.2) is 27.7 Å². The van der Waals surface area contributed by atoms with Crippen LogP contribution in [0.1, 0.15) is 44.6 Å². The van der Waals surface area contributed by atoms with Crippen molar-refractivity contribution >= 4 is 11.6 Å². The Balaban J connectivity index is 2.15. The molecule has 1 saturated carbocycles. The van der Waals surface area contributed by atoms with Gasteiger partial charge in [0.25, 0.3) is 0 Å². The monoisotopic (exact) mass is 264 g/mol. The van der Waals surface area contributed by atoms with Crippen LogP contribution in [0.2, 0.25) is 0 Å². The van der Waals surface area contributed by atoms with Crippen LogP contribution in [0.4, 0.5) is 11.6 Å². The molecule has 1 heterocycles. The predicted molar refractivity (Wildman–Crippen MR) is 76.9 cm³/mol. The van der Waals surface area contributed by atoms with E-state index in [0.29, 0.717) is 17.8 Å². The Hall–Kier alpha value is -1.36. The van der Waals surface area contributed by atoms with Crippen molar-refractivity contribution in [2.45, 2.75) is 51.5 Å². The first-order chi connectivity index (χ1) is 9.26. The van der Waals surface area contributed by atoms with Gasteiger partial charge < -0.3 is 16.2 Å². The number of hydrogen-bond donors (Lipinski definition) is 3. The highest BCUT2D eigenvalue weighted by Crippen LogP contribution is 2.28. The van der Waals surface area contributed by atoms with E-state index >= 15 is 0 Å². The SMILES string of the molecule is CCCc1c(N)ncnc1NC1CCCCC1CO. The summed E-state index contributed by atoms with van der Waals surface area (Å²) in [6.45, 7) is 2.36. The molecule has 0 spiro atoms. The number of aliphatic hydroxyl groups is 1. The van der Waals surface area contributed by atoms with Crippen molar-refractivity contribution in [2.24, 2.45) is 5.92 Å². The van der Waals surface area contributed by atoms with Crippen LogP contribution >= 0.6 is 0 Å². The lowest BCUT2D eigenvalue weighted by atomic mass is 9.85. The number of nitrogen functional groups attached to an aromatic ring is 1. The molecule has 1 aromatic rings. The zero-order valence-corrected chi connectivity index (χ0v) is 11.6. The summed E-state index contributed by atoms with van der Waals surface area (Å²) in [7, 11) is 0. The Morgan fingerprint density at radius 1 is 1.37 bits per heavy atom. The Morgan fingerprint density at radius 2 is 2.16 bits per heavy atom. The molecule has 2 atom stereocenters. The van der Waals surface area contributed by atoms with Gasteiger partial charge in [-0.2, -0.15) is 0 Å². The zero-order valence-electron chi connectivity index (χ0n) is 11.6. The lowest BCUT2D eigenvalue weighted by Crippen LogP contribution is -2.35. The minimum absolute atomic E-state index is 0.237. The van der Waals surface area contributed by atoms with Crippen molar-refractivity contribution in [2.75, 3.05) is 17.7 Å². The molecule has 4 N–H and O–H groups in total. The fraction of sp³-hybridized carbons (Fsp3) is 0.714. The molecule has 0 saturated heterocycles. The van der Waals surface area contributed by atoms with Crippen molar-refractivity contribution in [3.8, 4) is 0 Å². The van der Waals surface area contributed by atoms with Crippen LogP contribution in [-0.2, 0) is 6.42 Å². The van der Waals surface area contributed by atoms with Gasteiger partial charge in [-0.15, -0.1) is 0 Å². The fourth-order valence-corrected chi connectivity index (χ4v) is 2.84. The summed E-state index contributed by atoms with van der Waals surface area (Å²) >= 11 is 0. The summed E-state index contributed by atoms with van der Waals surface area (Å²) in [5.74, 6) is 1.73. The molecule has 0 bridgehead atoms. The van der Waals surface area contributed by atoms with Crippen LogP contribution in [0.3, 0.4) is 0 Å². The van der Waals surface area contributed by atoms with Gasteiger partial charge in [0, 0.05) is 24.1 Å². The number of nitrogens with two attached hydrogens (primary N) is 1. The summed E-state index contributed by atoms with van der Waals surface area (Å²) in [4.78, 5) is 8.41. The Kier molecular flexibility index (Phi) is 4.96. The number of nitrogens with one attached hydrogen (secondary N) is 1. The highest BCUT2D eigenvalue weighted by molar-refractivity contribution is 5.55. The second kappa shape index (κ2) is 6.70. The van der Waals surface area contributed by atoms with Crippen LogP contribution in [0, 0.1) is 5.92 Å². The lowest BCUT2D eigenvalue weighted by Gasteiger charge is -2.31. The Labute approximate surface area is 114 Å². The number of nitrogens with zero attached hydrogens (tertiary/aromatic N) is 2. The number of hydrogen-bond acceptors (Lipinski definition) is 5. The summed E-state index contributed by atoms with van der Waals surface area (Å²) in [6, 6.07) is 0.295. The first kappa shape index (κ1) is 14.1. The van der Waals surface area contributed by atoms with Crippen molar-refractivity contribution in [1.82, 2.24) is 9.97 Å². The van der Waals surface area contributed by atoms with E-state index in [1.54, 1.807) is 0 Å². The molecule has 0 aliphatic heterocycles. The van der Waals surface area contributed by atoms with Gasteiger partial charge in [0.2, 0.25) is 0 Å². The molecule has 5 heteroatoms. The predicted octanol–water partition coefficient (Wildman–Crippen LogP) is 1.97. The molecule has 2 unspecified atom stereocenters. The Bertz CT molecular complexity index is 410. The van der Waals surface area contributed by atoms with Gasteiger partial charge in [0.15, 0.2) is 0 Å². The van der Waals surface area contributed by atoms with E-state index in [4.69, 9.17) is 5.73 Å². The largest absolute Gasteiger partial charge is 0.396 e. The maximum Gasteiger partial charge on any atom is 0.134 e. The van der Waals surface area contributed by atoms with Gasteiger partial charge in [-0.1, -0.05) is 26.2 Å². The minimum Gasteiger partial charge on any atom is -0.396 e. The molecule has 1 aliphatic rings. The summed E-state index contributed by atoms with van der Waals surface area (Å²) < 4.78 is 0. The molecule has 19 heavy (non-hydrogen) atoms. The average molecular weight is 264 g/mol. The van der Waals surface area contributed by atoms with Crippen LogP contribution in [0.25, 0.3) is 0 Å². The molecule has 106 valence electrons. The maximum atomic E-state index is 9.47. The molecule has 1 aromatic heterocycles. The van der Waals surface area contributed by atoms with Crippen molar-refractivity contribution in [1.29, 1.82) is 0 Å². The van der Waals surface area contributed by atoms with E-state index in [0.717, 1.165) is 37.1 Å². The molecular formula is C14H24N4O. The molecule has 1 aliphatic carbocycles. The van der Waals surface area contributed by atoms with Crippen LogP contribution < -0.4 is 11.1 Å². The molecule has 1 fully saturated rings.